The molecule has 0 radical (unpaired) electrons. The summed E-state index contributed by atoms with van der Waals surface area (Å²) in [5.41, 5.74) is 0.940. The van der Waals surface area contributed by atoms with Crippen LogP contribution in [0.2, 0.25) is 0 Å². The number of hydrogen-bond acceptors (Lipinski definition) is 3. The number of rotatable bonds is 7. The molecule has 1 amide bonds. The van der Waals surface area contributed by atoms with Crippen molar-refractivity contribution in [3.8, 4) is 5.75 Å². The maximum Gasteiger partial charge on any atom is 0.308 e. The van der Waals surface area contributed by atoms with Crippen LogP contribution in [0.15, 0.2) is 36.4 Å². The lowest BCUT2D eigenvalue weighted by atomic mass is 10.0. The van der Waals surface area contributed by atoms with Crippen molar-refractivity contribution in [2.75, 3.05) is 13.7 Å². The molecule has 0 bridgehead atoms. The molecule has 25 heavy (non-hydrogen) atoms. The van der Waals surface area contributed by atoms with E-state index in [1.807, 2.05) is 36.4 Å². The first-order valence-corrected chi connectivity index (χ1v) is 8.57. The molecule has 5 heteroatoms. The Kier molecular flexibility index (Phi) is 4.93. The van der Waals surface area contributed by atoms with Crippen LogP contribution in [-0.4, -0.2) is 41.6 Å². The van der Waals surface area contributed by atoms with E-state index in [4.69, 9.17) is 9.84 Å². The first-order chi connectivity index (χ1) is 12.0. The molecular formula is C20H23NO4. The minimum Gasteiger partial charge on any atom is -0.497 e. The fraction of sp³-hybridized carbons (Fsp3) is 0.400. The maximum atomic E-state index is 12.9. The van der Waals surface area contributed by atoms with Crippen molar-refractivity contribution in [3.63, 3.8) is 0 Å². The molecule has 1 atom stereocenters. The number of fused-ring (bicyclic) bond motifs is 1. The average Bonchev–Trinajstić information content (AvgIpc) is 3.44. The molecule has 1 fully saturated rings. The Balaban J connectivity index is 1.83. The van der Waals surface area contributed by atoms with E-state index in [1.54, 1.807) is 18.9 Å². The molecule has 1 N–H and O–H groups in total. The van der Waals surface area contributed by atoms with Crippen LogP contribution >= 0.6 is 0 Å². The summed E-state index contributed by atoms with van der Waals surface area (Å²) in [7, 11) is 1.62. The number of methoxy groups -OCH3 is 1. The third-order valence-corrected chi connectivity index (χ3v) is 4.72. The van der Waals surface area contributed by atoms with E-state index >= 15 is 0 Å². The molecule has 0 saturated heterocycles. The Morgan fingerprint density at radius 3 is 2.68 bits per heavy atom. The van der Waals surface area contributed by atoms with Gasteiger partial charge in [-0.05, 0) is 41.3 Å². The molecule has 1 aliphatic rings. The number of ether oxygens (including phenoxy) is 1. The van der Waals surface area contributed by atoms with E-state index < -0.39 is 11.9 Å². The molecular weight excluding hydrogens is 318 g/mol. The predicted molar refractivity (Wildman–Crippen MR) is 95.7 cm³/mol. The molecule has 0 heterocycles. The lowest BCUT2D eigenvalue weighted by Crippen LogP contribution is -2.39. The Hall–Kier alpha value is -2.56. The first-order valence-electron chi connectivity index (χ1n) is 8.57. The number of benzene rings is 2. The molecule has 2 aromatic carbocycles. The minimum atomic E-state index is -0.867. The van der Waals surface area contributed by atoms with Crippen molar-refractivity contribution >= 4 is 22.6 Å². The van der Waals surface area contributed by atoms with E-state index in [2.05, 4.69) is 0 Å². The average molecular weight is 341 g/mol. The second-order valence-electron chi connectivity index (χ2n) is 6.70. The highest BCUT2D eigenvalue weighted by Crippen LogP contribution is 2.30. The molecule has 132 valence electrons. The van der Waals surface area contributed by atoms with Crippen LogP contribution in [0.3, 0.4) is 0 Å². The summed E-state index contributed by atoms with van der Waals surface area (Å²) in [5.74, 6) is -0.678. The number of carbonyl (C=O) groups is 2. The summed E-state index contributed by atoms with van der Waals surface area (Å²) >= 11 is 0. The van der Waals surface area contributed by atoms with Gasteiger partial charge >= 0.3 is 5.97 Å². The van der Waals surface area contributed by atoms with Gasteiger partial charge in [-0.3, -0.25) is 9.59 Å². The first kappa shape index (κ1) is 17.3. The number of carbonyl (C=O) groups excluding carboxylic acids is 1. The van der Waals surface area contributed by atoms with Crippen LogP contribution < -0.4 is 4.74 Å². The molecule has 0 aliphatic heterocycles. The van der Waals surface area contributed by atoms with Gasteiger partial charge in [0.25, 0.3) is 0 Å². The highest BCUT2D eigenvalue weighted by Gasteiger charge is 2.34. The van der Waals surface area contributed by atoms with Gasteiger partial charge in [0, 0.05) is 12.6 Å². The fourth-order valence-corrected chi connectivity index (χ4v) is 3.08. The second kappa shape index (κ2) is 7.13. The predicted octanol–water partition coefficient (Wildman–Crippen LogP) is 3.10. The quantitative estimate of drug-likeness (QED) is 0.840. The zero-order chi connectivity index (χ0) is 18.0. The number of aliphatic carboxylic acids is 1. The van der Waals surface area contributed by atoms with E-state index in [-0.39, 0.29) is 24.9 Å². The highest BCUT2D eigenvalue weighted by atomic mass is 16.5. The standard InChI is InChI=1S/C20H23NO4/c1-13(20(23)24)12-21(16-7-8-16)19(22)10-15-5-3-4-14-6-9-17(25-2)11-18(14)15/h3-6,9,11,13,16H,7-8,10,12H2,1-2H3,(H,23,24). The van der Waals surface area contributed by atoms with E-state index in [0.717, 1.165) is 34.9 Å². The fourth-order valence-electron chi connectivity index (χ4n) is 3.08. The van der Waals surface area contributed by atoms with Crippen LogP contribution in [-0.2, 0) is 16.0 Å². The van der Waals surface area contributed by atoms with Gasteiger partial charge in [0.15, 0.2) is 0 Å². The smallest absolute Gasteiger partial charge is 0.308 e. The molecule has 1 saturated carbocycles. The monoisotopic (exact) mass is 341 g/mol. The van der Waals surface area contributed by atoms with Gasteiger partial charge in [0.2, 0.25) is 5.91 Å². The van der Waals surface area contributed by atoms with Crippen molar-refractivity contribution in [2.45, 2.75) is 32.2 Å². The number of nitrogens with zero attached hydrogens (tertiary/aromatic N) is 1. The van der Waals surface area contributed by atoms with Crippen molar-refractivity contribution in [3.05, 3.63) is 42.0 Å². The molecule has 1 aliphatic carbocycles. The van der Waals surface area contributed by atoms with Gasteiger partial charge in [0.1, 0.15) is 5.75 Å². The topological polar surface area (TPSA) is 66.8 Å². The minimum absolute atomic E-state index is 0.00841. The zero-order valence-corrected chi connectivity index (χ0v) is 14.6. The van der Waals surface area contributed by atoms with Crippen LogP contribution in [0, 0.1) is 5.92 Å². The van der Waals surface area contributed by atoms with Crippen molar-refractivity contribution in [2.24, 2.45) is 5.92 Å². The Bertz CT molecular complexity index is 797. The van der Waals surface area contributed by atoms with E-state index in [9.17, 15) is 9.59 Å². The molecule has 3 rings (SSSR count). The van der Waals surface area contributed by atoms with Gasteiger partial charge < -0.3 is 14.7 Å². The van der Waals surface area contributed by atoms with E-state index in [0.29, 0.717) is 0 Å². The number of carboxylic acids is 1. The Labute approximate surface area is 147 Å². The highest BCUT2D eigenvalue weighted by molar-refractivity contribution is 5.91. The maximum absolute atomic E-state index is 12.9. The molecule has 5 nitrogen and oxygen atoms in total. The van der Waals surface area contributed by atoms with Crippen LogP contribution in [0.1, 0.15) is 25.3 Å². The second-order valence-corrected chi connectivity index (χ2v) is 6.70. The number of hydrogen-bond donors (Lipinski definition) is 1. The molecule has 0 aromatic heterocycles. The summed E-state index contributed by atoms with van der Waals surface area (Å²) in [6.45, 7) is 1.92. The SMILES string of the molecule is COc1ccc2cccc(CC(=O)N(CC(C)C(=O)O)C3CC3)c2c1. The van der Waals surface area contributed by atoms with Crippen molar-refractivity contribution < 1.29 is 19.4 Å². The Morgan fingerprint density at radius 2 is 2.04 bits per heavy atom. The third kappa shape index (κ3) is 3.92. The van der Waals surface area contributed by atoms with Crippen LogP contribution in [0.4, 0.5) is 0 Å². The van der Waals surface area contributed by atoms with Gasteiger partial charge in [-0.25, -0.2) is 0 Å². The van der Waals surface area contributed by atoms with Crippen LogP contribution in [0.25, 0.3) is 10.8 Å². The zero-order valence-electron chi connectivity index (χ0n) is 14.6. The number of amides is 1. The third-order valence-electron chi connectivity index (χ3n) is 4.72. The van der Waals surface area contributed by atoms with Gasteiger partial charge in [-0.1, -0.05) is 31.2 Å². The summed E-state index contributed by atoms with van der Waals surface area (Å²) in [5, 5.41) is 11.2. The largest absolute Gasteiger partial charge is 0.497 e. The van der Waals surface area contributed by atoms with Gasteiger partial charge in [-0.15, -0.1) is 0 Å². The molecule has 2 aromatic rings. The van der Waals surface area contributed by atoms with Gasteiger partial charge in [-0.2, -0.15) is 0 Å². The van der Waals surface area contributed by atoms with E-state index in [1.165, 1.54) is 0 Å². The number of carboxylic acid groups (broad SMARTS) is 1. The summed E-state index contributed by atoms with van der Waals surface area (Å²) in [4.78, 5) is 25.8. The summed E-state index contributed by atoms with van der Waals surface area (Å²) < 4.78 is 5.30. The molecule has 1 unspecified atom stereocenters. The van der Waals surface area contributed by atoms with Crippen LogP contribution in [0.5, 0.6) is 5.75 Å². The lowest BCUT2D eigenvalue weighted by molar-refractivity contribution is -0.143. The van der Waals surface area contributed by atoms with Gasteiger partial charge in [0.05, 0.1) is 19.4 Å². The molecule has 0 spiro atoms. The normalized spacial score (nSPS) is 15.0. The summed E-state index contributed by atoms with van der Waals surface area (Å²) in [6.07, 6.45) is 2.19. The van der Waals surface area contributed by atoms with Crippen molar-refractivity contribution in [1.29, 1.82) is 0 Å². The van der Waals surface area contributed by atoms with Crippen molar-refractivity contribution in [1.82, 2.24) is 4.90 Å². The lowest BCUT2D eigenvalue weighted by Gasteiger charge is -2.24. The summed E-state index contributed by atoms with van der Waals surface area (Å²) in [6, 6.07) is 11.9. The Morgan fingerprint density at radius 1 is 1.28 bits per heavy atom.